The minimum absolute atomic E-state index is 0.145. The Kier molecular flexibility index (Phi) is 5.10. The summed E-state index contributed by atoms with van der Waals surface area (Å²) >= 11 is 1.25. The van der Waals surface area contributed by atoms with Gasteiger partial charge in [0.25, 0.3) is 10.0 Å². The summed E-state index contributed by atoms with van der Waals surface area (Å²) in [5.74, 6) is 0.273. The van der Waals surface area contributed by atoms with Crippen molar-refractivity contribution in [2.75, 3.05) is 17.1 Å². The molecular weight excluding hydrogens is 374 g/mol. The van der Waals surface area contributed by atoms with Gasteiger partial charge in [0.05, 0.1) is 22.4 Å². The number of ether oxygens (including phenoxy) is 1. The van der Waals surface area contributed by atoms with Gasteiger partial charge < -0.3 is 10.1 Å². The number of hydrogen-bond donors (Lipinski definition) is 2. The summed E-state index contributed by atoms with van der Waals surface area (Å²) in [5, 5.41) is 3.14. The van der Waals surface area contributed by atoms with E-state index in [4.69, 9.17) is 4.74 Å². The molecular formula is C17H17N3O4S2. The molecule has 7 nitrogen and oxygen atoms in total. The van der Waals surface area contributed by atoms with E-state index >= 15 is 0 Å². The summed E-state index contributed by atoms with van der Waals surface area (Å²) in [6, 6.07) is 11.3. The Morgan fingerprint density at radius 3 is 2.62 bits per heavy atom. The standard InChI is InChI=1S/C17H17N3O4S2/c1-3-15(21)18-17-19-16-13(24-2)9-11(10-14(16)25-17)20-26(22,23)12-7-5-4-6-8-12/h4-10,20H,3H2,1-2H3,(H,18,19,21). The molecule has 9 heteroatoms. The van der Waals surface area contributed by atoms with Gasteiger partial charge in [0.15, 0.2) is 5.13 Å². The van der Waals surface area contributed by atoms with Gasteiger partial charge >= 0.3 is 0 Å². The zero-order chi connectivity index (χ0) is 18.7. The average Bonchev–Trinajstić information content (AvgIpc) is 3.03. The summed E-state index contributed by atoms with van der Waals surface area (Å²) < 4.78 is 33.6. The zero-order valence-corrected chi connectivity index (χ0v) is 15.8. The summed E-state index contributed by atoms with van der Waals surface area (Å²) in [6.07, 6.45) is 0.342. The van der Waals surface area contributed by atoms with Crippen LogP contribution in [0.1, 0.15) is 13.3 Å². The van der Waals surface area contributed by atoms with E-state index in [0.29, 0.717) is 33.2 Å². The smallest absolute Gasteiger partial charge is 0.261 e. The van der Waals surface area contributed by atoms with Gasteiger partial charge in [-0.2, -0.15) is 0 Å². The van der Waals surface area contributed by atoms with Crippen LogP contribution in [0.15, 0.2) is 47.4 Å². The predicted molar refractivity (Wildman–Crippen MR) is 102 cm³/mol. The van der Waals surface area contributed by atoms with E-state index in [0.717, 1.165) is 0 Å². The second-order valence-corrected chi connectivity index (χ2v) is 8.08. The lowest BCUT2D eigenvalue weighted by Crippen LogP contribution is -2.12. The number of sulfonamides is 1. The number of nitrogens with zero attached hydrogens (tertiary/aromatic N) is 1. The minimum atomic E-state index is -3.71. The topological polar surface area (TPSA) is 97.4 Å². The summed E-state index contributed by atoms with van der Waals surface area (Å²) in [6.45, 7) is 1.75. The monoisotopic (exact) mass is 391 g/mol. The maximum absolute atomic E-state index is 12.5. The van der Waals surface area contributed by atoms with Crippen LogP contribution in [0.4, 0.5) is 10.8 Å². The van der Waals surface area contributed by atoms with Crippen LogP contribution in [-0.2, 0) is 14.8 Å². The lowest BCUT2D eigenvalue weighted by molar-refractivity contribution is -0.115. The first kappa shape index (κ1) is 18.2. The highest BCUT2D eigenvalue weighted by Crippen LogP contribution is 2.36. The Hall–Kier alpha value is -2.65. The van der Waals surface area contributed by atoms with E-state index in [-0.39, 0.29) is 10.8 Å². The van der Waals surface area contributed by atoms with E-state index < -0.39 is 10.0 Å². The van der Waals surface area contributed by atoms with Crippen molar-refractivity contribution in [2.45, 2.75) is 18.2 Å². The Morgan fingerprint density at radius 1 is 1.23 bits per heavy atom. The lowest BCUT2D eigenvalue weighted by atomic mass is 10.3. The molecule has 1 aromatic heterocycles. The van der Waals surface area contributed by atoms with Crippen LogP contribution in [-0.4, -0.2) is 26.4 Å². The van der Waals surface area contributed by atoms with E-state index in [9.17, 15) is 13.2 Å². The number of amides is 1. The van der Waals surface area contributed by atoms with Gasteiger partial charge in [0, 0.05) is 12.5 Å². The van der Waals surface area contributed by atoms with Crippen LogP contribution in [0.25, 0.3) is 10.2 Å². The molecule has 3 rings (SSSR count). The number of aromatic nitrogens is 1. The fraction of sp³-hybridized carbons (Fsp3) is 0.176. The first-order valence-corrected chi connectivity index (χ1v) is 10.1. The molecule has 0 fully saturated rings. The molecule has 0 unspecified atom stereocenters. The van der Waals surface area contributed by atoms with Crippen molar-refractivity contribution in [3.63, 3.8) is 0 Å². The third-order valence-corrected chi connectivity index (χ3v) is 5.87. The quantitative estimate of drug-likeness (QED) is 0.671. The second-order valence-electron chi connectivity index (χ2n) is 5.36. The van der Waals surface area contributed by atoms with Crippen molar-refractivity contribution in [1.29, 1.82) is 0 Å². The molecule has 1 amide bonds. The zero-order valence-electron chi connectivity index (χ0n) is 14.1. The Labute approximate surface area is 155 Å². The van der Waals surface area contributed by atoms with Crippen molar-refractivity contribution >= 4 is 48.3 Å². The number of fused-ring (bicyclic) bond motifs is 1. The Balaban J connectivity index is 1.98. The highest BCUT2D eigenvalue weighted by Gasteiger charge is 2.17. The van der Waals surface area contributed by atoms with Crippen molar-refractivity contribution in [3.05, 3.63) is 42.5 Å². The molecule has 0 radical (unpaired) electrons. The molecule has 0 aliphatic carbocycles. The van der Waals surface area contributed by atoms with E-state index in [1.165, 1.54) is 30.6 Å². The summed E-state index contributed by atoms with van der Waals surface area (Å²) in [7, 11) is -2.23. The molecule has 3 aromatic rings. The minimum Gasteiger partial charge on any atom is -0.494 e. The fourth-order valence-electron chi connectivity index (χ4n) is 2.29. The first-order valence-electron chi connectivity index (χ1n) is 7.79. The molecule has 0 bridgehead atoms. The Bertz CT molecular complexity index is 1050. The van der Waals surface area contributed by atoms with Crippen LogP contribution in [0.5, 0.6) is 5.75 Å². The maximum Gasteiger partial charge on any atom is 0.261 e. The molecule has 0 saturated carbocycles. The largest absolute Gasteiger partial charge is 0.494 e. The van der Waals surface area contributed by atoms with Gasteiger partial charge in [-0.3, -0.25) is 9.52 Å². The predicted octanol–water partition coefficient (Wildman–Crippen LogP) is 3.45. The number of carbonyl (C=O) groups excluding carboxylic acids is 1. The molecule has 0 atom stereocenters. The fourth-order valence-corrected chi connectivity index (χ4v) is 4.29. The van der Waals surface area contributed by atoms with Gasteiger partial charge in [-0.05, 0) is 18.2 Å². The number of carbonyl (C=O) groups is 1. The molecule has 0 saturated heterocycles. The number of nitrogens with one attached hydrogen (secondary N) is 2. The second kappa shape index (κ2) is 7.30. The SMILES string of the molecule is CCC(=O)Nc1nc2c(OC)cc(NS(=O)(=O)c3ccccc3)cc2s1. The highest BCUT2D eigenvalue weighted by molar-refractivity contribution is 7.92. The Morgan fingerprint density at radius 2 is 1.96 bits per heavy atom. The van der Waals surface area contributed by atoms with Gasteiger partial charge in [-0.25, -0.2) is 13.4 Å². The molecule has 0 aliphatic rings. The van der Waals surface area contributed by atoms with E-state index in [2.05, 4.69) is 15.0 Å². The number of thiazole rings is 1. The number of rotatable bonds is 6. The molecule has 2 aromatic carbocycles. The molecule has 0 aliphatic heterocycles. The van der Waals surface area contributed by atoms with Crippen molar-refractivity contribution in [3.8, 4) is 5.75 Å². The summed E-state index contributed by atoms with van der Waals surface area (Å²) in [4.78, 5) is 16.1. The molecule has 136 valence electrons. The third-order valence-electron chi connectivity index (χ3n) is 3.55. The van der Waals surface area contributed by atoms with Crippen molar-refractivity contribution < 1.29 is 17.9 Å². The third kappa shape index (κ3) is 3.78. The first-order chi connectivity index (χ1) is 12.4. The molecule has 0 spiro atoms. The van der Waals surface area contributed by atoms with Gasteiger partial charge in [0.2, 0.25) is 5.91 Å². The number of hydrogen-bond acceptors (Lipinski definition) is 6. The van der Waals surface area contributed by atoms with E-state index in [1.54, 1.807) is 37.3 Å². The van der Waals surface area contributed by atoms with Gasteiger partial charge in [-0.1, -0.05) is 36.5 Å². The lowest BCUT2D eigenvalue weighted by Gasteiger charge is -2.09. The normalized spacial score (nSPS) is 11.3. The summed E-state index contributed by atoms with van der Waals surface area (Å²) in [5.41, 5.74) is 0.918. The van der Waals surface area contributed by atoms with Gasteiger partial charge in [0.1, 0.15) is 11.3 Å². The average molecular weight is 391 g/mol. The molecule has 1 heterocycles. The maximum atomic E-state index is 12.5. The molecule has 26 heavy (non-hydrogen) atoms. The van der Waals surface area contributed by atoms with Crippen LogP contribution in [0.2, 0.25) is 0 Å². The number of anilines is 2. The van der Waals surface area contributed by atoms with Crippen LogP contribution >= 0.6 is 11.3 Å². The van der Waals surface area contributed by atoms with E-state index in [1.807, 2.05) is 0 Å². The van der Waals surface area contributed by atoms with Gasteiger partial charge in [-0.15, -0.1) is 0 Å². The van der Waals surface area contributed by atoms with Crippen molar-refractivity contribution in [1.82, 2.24) is 4.98 Å². The number of benzene rings is 2. The van der Waals surface area contributed by atoms with Crippen LogP contribution in [0.3, 0.4) is 0 Å². The van der Waals surface area contributed by atoms with Crippen molar-refractivity contribution in [2.24, 2.45) is 0 Å². The number of methoxy groups -OCH3 is 1. The highest BCUT2D eigenvalue weighted by atomic mass is 32.2. The van der Waals surface area contributed by atoms with Crippen LogP contribution < -0.4 is 14.8 Å². The molecule has 2 N–H and O–H groups in total. The van der Waals surface area contributed by atoms with Crippen LogP contribution in [0, 0.1) is 0 Å².